The standard InChI is InChI=1S/C28H28N2O3/c1-19-15-21(17-20-7-3-2-4-8-20)26-23(16-19)25(22-9-5-6-10-24(22)29-26)27(31)30-12-11-28(18-30)32-13-14-33-28/h2-10,17,19H,11-16,18H2,1H3/b21-17-. The molecule has 1 spiro atoms. The summed E-state index contributed by atoms with van der Waals surface area (Å²) < 4.78 is 11.8. The molecule has 1 amide bonds. The lowest BCUT2D eigenvalue weighted by molar-refractivity contribution is -0.143. The molecule has 1 unspecified atom stereocenters. The second-order valence-corrected chi connectivity index (χ2v) is 9.51. The molecule has 33 heavy (non-hydrogen) atoms. The molecule has 1 aliphatic carbocycles. The van der Waals surface area contributed by atoms with Crippen molar-refractivity contribution in [3.8, 4) is 0 Å². The number of carbonyl (C=O) groups excluding carboxylic acids is 1. The van der Waals surface area contributed by atoms with Crippen LogP contribution in [0.25, 0.3) is 22.6 Å². The predicted molar refractivity (Wildman–Crippen MR) is 129 cm³/mol. The summed E-state index contributed by atoms with van der Waals surface area (Å²) in [5, 5.41) is 0.934. The number of amides is 1. The van der Waals surface area contributed by atoms with Crippen LogP contribution in [0.2, 0.25) is 0 Å². The molecule has 6 rings (SSSR count). The summed E-state index contributed by atoms with van der Waals surface area (Å²) in [6.45, 7) is 4.59. The van der Waals surface area contributed by atoms with E-state index < -0.39 is 5.79 Å². The molecule has 2 saturated heterocycles. The molecule has 3 aliphatic rings. The molecule has 5 heteroatoms. The zero-order valence-electron chi connectivity index (χ0n) is 18.9. The van der Waals surface area contributed by atoms with Crippen molar-refractivity contribution < 1.29 is 14.3 Å². The van der Waals surface area contributed by atoms with E-state index in [1.54, 1.807) is 0 Å². The van der Waals surface area contributed by atoms with Crippen LogP contribution in [0.1, 0.15) is 46.9 Å². The Morgan fingerprint density at radius 3 is 2.64 bits per heavy atom. The molecule has 0 radical (unpaired) electrons. The lowest BCUT2D eigenvalue weighted by Crippen LogP contribution is -2.37. The van der Waals surface area contributed by atoms with Gasteiger partial charge in [-0.3, -0.25) is 4.79 Å². The lowest BCUT2D eigenvalue weighted by Gasteiger charge is -2.28. The topological polar surface area (TPSA) is 51.7 Å². The van der Waals surface area contributed by atoms with Crippen molar-refractivity contribution in [1.82, 2.24) is 9.88 Å². The van der Waals surface area contributed by atoms with E-state index in [0.29, 0.717) is 32.2 Å². The minimum Gasteiger partial charge on any atom is -0.346 e. The highest BCUT2D eigenvalue weighted by Crippen LogP contribution is 2.40. The van der Waals surface area contributed by atoms with Crippen LogP contribution >= 0.6 is 0 Å². The third-order valence-corrected chi connectivity index (χ3v) is 7.07. The van der Waals surface area contributed by atoms with Crippen LogP contribution in [-0.2, 0) is 15.9 Å². The molecule has 3 heterocycles. The average molecular weight is 441 g/mol. The summed E-state index contributed by atoms with van der Waals surface area (Å²) >= 11 is 0. The van der Waals surface area contributed by atoms with Crippen LogP contribution < -0.4 is 0 Å². The van der Waals surface area contributed by atoms with Crippen LogP contribution in [-0.4, -0.2) is 47.9 Å². The number of allylic oxidation sites excluding steroid dienone is 1. The van der Waals surface area contributed by atoms with Gasteiger partial charge in [-0.2, -0.15) is 0 Å². The van der Waals surface area contributed by atoms with E-state index in [1.165, 1.54) is 5.57 Å². The Bertz CT molecular complexity index is 1240. The van der Waals surface area contributed by atoms with Gasteiger partial charge >= 0.3 is 0 Å². The molecular weight excluding hydrogens is 412 g/mol. The summed E-state index contributed by atoms with van der Waals surface area (Å²) in [6.07, 6.45) is 4.76. The number of fused-ring (bicyclic) bond motifs is 2. The number of carbonyl (C=O) groups is 1. The zero-order valence-corrected chi connectivity index (χ0v) is 18.9. The van der Waals surface area contributed by atoms with Gasteiger partial charge in [0.2, 0.25) is 0 Å². The highest BCUT2D eigenvalue weighted by molar-refractivity contribution is 6.09. The third-order valence-electron chi connectivity index (χ3n) is 7.07. The molecule has 2 fully saturated rings. The Kier molecular flexibility index (Phi) is 5.04. The number of para-hydroxylation sites is 1. The second kappa shape index (κ2) is 8.08. The second-order valence-electron chi connectivity index (χ2n) is 9.51. The summed E-state index contributed by atoms with van der Waals surface area (Å²) in [7, 11) is 0. The van der Waals surface area contributed by atoms with Gasteiger partial charge in [0, 0.05) is 18.4 Å². The molecule has 1 atom stereocenters. The average Bonchev–Trinajstić information content (AvgIpc) is 3.48. The number of hydrogen-bond acceptors (Lipinski definition) is 4. The largest absolute Gasteiger partial charge is 0.346 e. The van der Waals surface area contributed by atoms with E-state index in [1.807, 2.05) is 35.2 Å². The number of aromatic nitrogens is 1. The first-order chi connectivity index (χ1) is 16.1. The molecule has 5 nitrogen and oxygen atoms in total. The number of benzene rings is 2. The van der Waals surface area contributed by atoms with Crippen molar-refractivity contribution in [1.29, 1.82) is 0 Å². The van der Waals surface area contributed by atoms with E-state index in [4.69, 9.17) is 14.5 Å². The normalized spacial score (nSPS) is 22.9. The van der Waals surface area contributed by atoms with Crippen LogP contribution in [0.5, 0.6) is 0 Å². The minimum absolute atomic E-state index is 0.0639. The van der Waals surface area contributed by atoms with Crippen molar-refractivity contribution >= 4 is 28.5 Å². The van der Waals surface area contributed by atoms with Crippen LogP contribution in [0.15, 0.2) is 54.6 Å². The van der Waals surface area contributed by atoms with E-state index in [0.717, 1.165) is 52.5 Å². The fraction of sp³-hybridized carbons (Fsp3) is 0.357. The highest BCUT2D eigenvalue weighted by atomic mass is 16.7. The van der Waals surface area contributed by atoms with Gasteiger partial charge in [-0.05, 0) is 47.6 Å². The first kappa shape index (κ1) is 20.6. The van der Waals surface area contributed by atoms with Gasteiger partial charge < -0.3 is 14.4 Å². The summed E-state index contributed by atoms with van der Waals surface area (Å²) in [5.74, 6) is -0.119. The molecular formula is C28H28N2O3. The number of ether oxygens (including phenoxy) is 2. The summed E-state index contributed by atoms with van der Waals surface area (Å²) in [5.41, 5.74) is 6.09. The number of pyridine rings is 1. The fourth-order valence-corrected chi connectivity index (χ4v) is 5.55. The summed E-state index contributed by atoms with van der Waals surface area (Å²) in [6, 6.07) is 18.4. The molecule has 1 aromatic heterocycles. The van der Waals surface area contributed by atoms with Gasteiger partial charge in [0.05, 0.1) is 36.5 Å². The number of rotatable bonds is 2. The smallest absolute Gasteiger partial charge is 0.255 e. The maximum Gasteiger partial charge on any atom is 0.255 e. The number of hydrogen-bond donors (Lipinski definition) is 0. The van der Waals surface area contributed by atoms with E-state index >= 15 is 0 Å². The lowest BCUT2D eigenvalue weighted by atomic mass is 9.80. The van der Waals surface area contributed by atoms with E-state index in [9.17, 15) is 4.79 Å². The number of likely N-dealkylation sites (tertiary alicyclic amines) is 1. The van der Waals surface area contributed by atoms with Gasteiger partial charge in [0.15, 0.2) is 5.79 Å². The van der Waals surface area contributed by atoms with Gasteiger partial charge in [-0.1, -0.05) is 55.5 Å². The van der Waals surface area contributed by atoms with Gasteiger partial charge in [-0.15, -0.1) is 0 Å². The maximum absolute atomic E-state index is 14.0. The first-order valence-electron chi connectivity index (χ1n) is 11.9. The molecule has 0 N–H and O–H groups in total. The third kappa shape index (κ3) is 3.65. The summed E-state index contributed by atoms with van der Waals surface area (Å²) in [4.78, 5) is 21.0. The SMILES string of the molecule is CC1C/C(=C/c2ccccc2)c2nc3ccccc3c(C(=O)N3CCC4(C3)OCCO4)c2C1. The highest BCUT2D eigenvalue weighted by Gasteiger charge is 2.45. The van der Waals surface area contributed by atoms with Gasteiger partial charge in [-0.25, -0.2) is 4.98 Å². The Morgan fingerprint density at radius 1 is 1.06 bits per heavy atom. The van der Waals surface area contributed by atoms with Gasteiger partial charge in [0.25, 0.3) is 5.91 Å². The molecule has 3 aromatic rings. The van der Waals surface area contributed by atoms with Crippen molar-refractivity contribution in [2.75, 3.05) is 26.3 Å². The Labute approximate surface area is 194 Å². The Balaban J connectivity index is 1.49. The van der Waals surface area contributed by atoms with Crippen LogP contribution in [0.3, 0.4) is 0 Å². The fourth-order valence-electron chi connectivity index (χ4n) is 5.55. The van der Waals surface area contributed by atoms with E-state index in [2.05, 4.69) is 37.3 Å². The van der Waals surface area contributed by atoms with Crippen LogP contribution in [0.4, 0.5) is 0 Å². The minimum atomic E-state index is -0.621. The molecule has 2 aromatic carbocycles. The molecule has 2 aliphatic heterocycles. The van der Waals surface area contributed by atoms with E-state index in [-0.39, 0.29) is 5.91 Å². The Hall–Kier alpha value is -3.02. The number of nitrogens with zero attached hydrogens (tertiary/aromatic N) is 2. The molecule has 0 bridgehead atoms. The van der Waals surface area contributed by atoms with Crippen molar-refractivity contribution in [2.24, 2.45) is 5.92 Å². The predicted octanol–water partition coefficient (Wildman–Crippen LogP) is 4.95. The van der Waals surface area contributed by atoms with Crippen LogP contribution in [0, 0.1) is 5.92 Å². The molecule has 0 saturated carbocycles. The maximum atomic E-state index is 14.0. The quantitative estimate of drug-likeness (QED) is 0.566. The van der Waals surface area contributed by atoms with Crippen molar-refractivity contribution in [3.63, 3.8) is 0 Å². The van der Waals surface area contributed by atoms with Crippen molar-refractivity contribution in [2.45, 2.75) is 32.0 Å². The van der Waals surface area contributed by atoms with Crippen molar-refractivity contribution in [3.05, 3.63) is 77.0 Å². The first-order valence-corrected chi connectivity index (χ1v) is 11.9. The van der Waals surface area contributed by atoms with Gasteiger partial charge in [0.1, 0.15) is 0 Å². The Morgan fingerprint density at radius 2 is 1.82 bits per heavy atom. The molecule has 168 valence electrons. The zero-order chi connectivity index (χ0) is 22.4. The monoisotopic (exact) mass is 440 g/mol.